The number of aromatic nitrogens is 4. The molecule has 4 rings (SSSR count). The molecule has 0 radical (unpaired) electrons. The van der Waals surface area contributed by atoms with E-state index in [1.807, 2.05) is 61.5 Å². The zero-order valence-corrected chi connectivity index (χ0v) is 19.9. The Kier molecular flexibility index (Phi) is 7.64. The minimum Gasteiger partial charge on any atom is -0.465 e. The Balaban J connectivity index is 1.46. The molecule has 184 valence electrons. The van der Waals surface area contributed by atoms with Crippen LogP contribution in [0.1, 0.15) is 18.1 Å². The predicted molar refractivity (Wildman–Crippen MR) is 136 cm³/mol. The van der Waals surface area contributed by atoms with Gasteiger partial charge in [0.2, 0.25) is 5.95 Å². The molecule has 0 aliphatic heterocycles. The topological polar surface area (TPSA) is 116 Å². The van der Waals surface area contributed by atoms with E-state index < -0.39 is 11.9 Å². The molecule has 0 aliphatic carbocycles. The minimum atomic E-state index is -1.06. The maximum atomic E-state index is 14.6. The van der Waals surface area contributed by atoms with Crippen molar-refractivity contribution in [3.8, 4) is 11.4 Å². The molecule has 0 bridgehead atoms. The molecule has 0 aliphatic rings. The van der Waals surface area contributed by atoms with Crippen LogP contribution in [0.5, 0.6) is 0 Å². The Morgan fingerprint density at radius 1 is 1.06 bits per heavy atom. The lowest BCUT2D eigenvalue weighted by Gasteiger charge is -2.20. The van der Waals surface area contributed by atoms with E-state index in [1.54, 1.807) is 24.2 Å². The summed E-state index contributed by atoms with van der Waals surface area (Å²) in [6.07, 6.45) is 2.37. The quantitative estimate of drug-likeness (QED) is 0.312. The van der Waals surface area contributed by atoms with Crippen LogP contribution in [0.4, 0.5) is 26.8 Å². The molecule has 9 nitrogen and oxygen atoms in total. The summed E-state index contributed by atoms with van der Waals surface area (Å²) in [7, 11) is 1.69. The number of rotatable bonds is 9. The zero-order chi connectivity index (χ0) is 25.5. The molecule has 1 unspecified atom stereocenters. The number of nitrogens with zero attached hydrogens (tertiary/aromatic N) is 5. The van der Waals surface area contributed by atoms with Crippen molar-refractivity contribution < 1.29 is 14.3 Å². The molecule has 1 amide bonds. The highest BCUT2D eigenvalue weighted by Crippen LogP contribution is 2.25. The SMILES string of the molecule is CC(Cc1cccc(CNC(=O)O)c1)Nc1nccc(N(C)c2nc(-c3ccccc3)ncc2F)n1. The first-order valence-corrected chi connectivity index (χ1v) is 11.3. The summed E-state index contributed by atoms with van der Waals surface area (Å²) in [6.45, 7) is 2.24. The second-order valence-electron chi connectivity index (χ2n) is 8.26. The smallest absolute Gasteiger partial charge is 0.404 e. The van der Waals surface area contributed by atoms with Crippen LogP contribution in [-0.4, -0.2) is 44.2 Å². The molecule has 1 atom stereocenters. The van der Waals surface area contributed by atoms with Crippen LogP contribution in [-0.2, 0) is 13.0 Å². The summed E-state index contributed by atoms with van der Waals surface area (Å²) < 4.78 is 14.6. The van der Waals surface area contributed by atoms with Gasteiger partial charge in [-0.25, -0.2) is 24.1 Å². The van der Waals surface area contributed by atoms with Gasteiger partial charge in [-0.05, 0) is 30.5 Å². The van der Waals surface area contributed by atoms with Crippen molar-refractivity contribution in [3.63, 3.8) is 0 Å². The van der Waals surface area contributed by atoms with Crippen molar-refractivity contribution in [2.75, 3.05) is 17.3 Å². The normalized spacial score (nSPS) is 11.5. The summed E-state index contributed by atoms with van der Waals surface area (Å²) in [5, 5.41) is 14.4. The van der Waals surface area contributed by atoms with E-state index >= 15 is 0 Å². The van der Waals surface area contributed by atoms with Gasteiger partial charge in [0.25, 0.3) is 0 Å². The van der Waals surface area contributed by atoms with Gasteiger partial charge in [-0.1, -0.05) is 54.6 Å². The highest BCUT2D eigenvalue weighted by atomic mass is 19.1. The molecule has 0 saturated carbocycles. The molecule has 2 heterocycles. The molecule has 3 N–H and O–H groups in total. The van der Waals surface area contributed by atoms with E-state index in [0.29, 0.717) is 24.0 Å². The molecule has 0 saturated heterocycles. The number of benzene rings is 2. The third kappa shape index (κ3) is 6.29. The van der Waals surface area contributed by atoms with Crippen molar-refractivity contribution in [2.45, 2.75) is 25.9 Å². The van der Waals surface area contributed by atoms with Gasteiger partial charge in [-0.2, -0.15) is 4.98 Å². The predicted octanol–water partition coefficient (Wildman–Crippen LogP) is 4.65. The summed E-state index contributed by atoms with van der Waals surface area (Å²) >= 11 is 0. The fourth-order valence-electron chi connectivity index (χ4n) is 3.70. The Labute approximate surface area is 208 Å². The molecular formula is C26H26FN7O2. The second kappa shape index (κ2) is 11.2. The zero-order valence-electron chi connectivity index (χ0n) is 19.9. The lowest BCUT2D eigenvalue weighted by molar-refractivity contribution is 0.194. The summed E-state index contributed by atoms with van der Waals surface area (Å²) in [4.78, 5) is 29.7. The van der Waals surface area contributed by atoms with E-state index in [1.165, 1.54) is 0 Å². The van der Waals surface area contributed by atoms with Crippen LogP contribution in [0.3, 0.4) is 0 Å². The molecule has 0 fully saturated rings. The van der Waals surface area contributed by atoms with Gasteiger partial charge in [0.1, 0.15) is 5.82 Å². The molecule has 2 aromatic heterocycles. The Morgan fingerprint density at radius 3 is 2.61 bits per heavy atom. The molecule has 36 heavy (non-hydrogen) atoms. The average Bonchev–Trinajstić information content (AvgIpc) is 2.88. The first-order valence-electron chi connectivity index (χ1n) is 11.3. The van der Waals surface area contributed by atoms with Crippen molar-refractivity contribution in [1.82, 2.24) is 25.3 Å². The number of carboxylic acid groups (broad SMARTS) is 1. The maximum absolute atomic E-state index is 14.6. The van der Waals surface area contributed by atoms with Gasteiger partial charge < -0.3 is 20.6 Å². The van der Waals surface area contributed by atoms with Crippen LogP contribution in [0.25, 0.3) is 11.4 Å². The number of anilines is 3. The van der Waals surface area contributed by atoms with Crippen LogP contribution >= 0.6 is 0 Å². The first-order chi connectivity index (χ1) is 17.4. The van der Waals surface area contributed by atoms with E-state index in [2.05, 4.69) is 30.6 Å². The van der Waals surface area contributed by atoms with Crippen LogP contribution in [0.15, 0.2) is 73.1 Å². The Hall–Kier alpha value is -4.60. The summed E-state index contributed by atoms with van der Waals surface area (Å²) in [5.41, 5.74) is 2.71. The number of carbonyl (C=O) groups is 1. The second-order valence-corrected chi connectivity index (χ2v) is 8.26. The van der Waals surface area contributed by atoms with Gasteiger partial charge in [0.15, 0.2) is 17.5 Å². The van der Waals surface area contributed by atoms with Crippen molar-refractivity contribution >= 4 is 23.7 Å². The van der Waals surface area contributed by atoms with E-state index in [9.17, 15) is 9.18 Å². The van der Waals surface area contributed by atoms with Crippen molar-refractivity contribution in [2.24, 2.45) is 0 Å². The standard InChI is InChI=1S/C26H26FN7O2/c1-17(13-18-7-6-8-19(14-18)15-30-26(35)36)31-25-28-12-11-22(32-25)34(2)24-21(27)16-29-23(33-24)20-9-4-3-5-10-20/h3-12,14,16-17,30H,13,15H2,1-2H3,(H,35,36)(H,28,31,32). The number of hydrogen-bond acceptors (Lipinski definition) is 7. The monoisotopic (exact) mass is 487 g/mol. The number of amides is 1. The van der Waals surface area contributed by atoms with Gasteiger partial charge in [0.05, 0.1) is 6.20 Å². The van der Waals surface area contributed by atoms with Crippen molar-refractivity contribution in [3.05, 3.63) is 90.0 Å². The Morgan fingerprint density at radius 2 is 1.83 bits per heavy atom. The number of halogens is 1. The first kappa shape index (κ1) is 24.5. The maximum Gasteiger partial charge on any atom is 0.404 e. The van der Waals surface area contributed by atoms with Gasteiger partial charge in [-0.15, -0.1) is 0 Å². The number of hydrogen-bond donors (Lipinski definition) is 3. The third-order valence-electron chi connectivity index (χ3n) is 5.41. The molecule has 0 spiro atoms. The third-order valence-corrected chi connectivity index (χ3v) is 5.41. The molecular weight excluding hydrogens is 461 g/mol. The average molecular weight is 488 g/mol. The van der Waals surface area contributed by atoms with Crippen molar-refractivity contribution in [1.29, 1.82) is 0 Å². The van der Waals surface area contributed by atoms with E-state index in [0.717, 1.165) is 22.9 Å². The van der Waals surface area contributed by atoms with Crippen LogP contribution < -0.4 is 15.5 Å². The fourth-order valence-corrected chi connectivity index (χ4v) is 3.70. The largest absolute Gasteiger partial charge is 0.465 e. The highest BCUT2D eigenvalue weighted by molar-refractivity contribution is 5.64. The summed E-state index contributed by atoms with van der Waals surface area (Å²) in [5.74, 6) is 0.830. The van der Waals surface area contributed by atoms with E-state index in [-0.39, 0.29) is 18.4 Å². The van der Waals surface area contributed by atoms with Crippen LogP contribution in [0, 0.1) is 5.82 Å². The van der Waals surface area contributed by atoms with Gasteiger partial charge in [-0.3, -0.25) is 0 Å². The lowest BCUT2D eigenvalue weighted by atomic mass is 10.0. The molecule has 4 aromatic rings. The fraction of sp³-hybridized carbons (Fsp3) is 0.192. The summed E-state index contributed by atoms with van der Waals surface area (Å²) in [6, 6.07) is 18.7. The van der Waals surface area contributed by atoms with E-state index in [4.69, 9.17) is 5.11 Å². The van der Waals surface area contributed by atoms with Gasteiger partial charge >= 0.3 is 6.09 Å². The van der Waals surface area contributed by atoms with Crippen LogP contribution in [0.2, 0.25) is 0 Å². The molecule has 2 aromatic carbocycles. The number of nitrogens with one attached hydrogen (secondary N) is 2. The minimum absolute atomic E-state index is 0.0197. The van der Waals surface area contributed by atoms with Gasteiger partial charge in [0, 0.05) is 31.4 Å². The lowest BCUT2D eigenvalue weighted by Crippen LogP contribution is -2.22. The highest BCUT2D eigenvalue weighted by Gasteiger charge is 2.16. The Bertz CT molecular complexity index is 1340. The molecule has 10 heteroatoms.